The minimum Gasteiger partial charge on any atom is -0.378 e. The highest BCUT2D eigenvalue weighted by Crippen LogP contribution is 2.21. The molecule has 1 saturated carbocycles. The molecule has 0 aromatic heterocycles. The SMILES string of the molecule is CCCC(C(=O)NN)N1CCOCC1C(=O)NC1CC1. The van der Waals surface area contributed by atoms with Crippen LogP contribution in [-0.4, -0.2) is 54.6 Å². The quantitative estimate of drug-likeness (QED) is 0.334. The van der Waals surface area contributed by atoms with E-state index in [0.717, 1.165) is 19.3 Å². The molecule has 4 N–H and O–H groups in total. The number of amides is 2. The molecule has 1 heterocycles. The van der Waals surface area contributed by atoms with E-state index in [4.69, 9.17) is 10.6 Å². The third-order valence-corrected chi connectivity index (χ3v) is 3.80. The van der Waals surface area contributed by atoms with E-state index in [1.807, 2.05) is 11.8 Å². The highest BCUT2D eigenvalue weighted by Gasteiger charge is 2.38. The van der Waals surface area contributed by atoms with Crippen LogP contribution in [0, 0.1) is 0 Å². The van der Waals surface area contributed by atoms with Crippen LogP contribution < -0.4 is 16.6 Å². The fraction of sp³-hybridized carbons (Fsp3) is 0.846. The van der Waals surface area contributed by atoms with Crippen molar-refractivity contribution in [3.05, 3.63) is 0 Å². The topological polar surface area (TPSA) is 96.7 Å². The van der Waals surface area contributed by atoms with E-state index >= 15 is 0 Å². The zero-order valence-electron chi connectivity index (χ0n) is 11.9. The van der Waals surface area contributed by atoms with Gasteiger partial charge in [0.1, 0.15) is 6.04 Å². The van der Waals surface area contributed by atoms with Crippen molar-refractivity contribution < 1.29 is 14.3 Å². The maximum atomic E-state index is 12.3. The standard InChI is InChI=1S/C13H24N4O3/c1-2-3-10(13(19)16-14)17-6-7-20-8-11(17)12(18)15-9-4-5-9/h9-11H,2-8,14H2,1H3,(H,15,18)(H,16,19). The Bertz CT molecular complexity index is 360. The van der Waals surface area contributed by atoms with Crippen molar-refractivity contribution in [2.75, 3.05) is 19.8 Å². The van der Waals surface area contributed by atoms with Crippen LogP contribution in [0.15, 0.2) is 0 Å². The molecule has 0 spiro atoms. The summed E-state index contributed by atoms with van der Waals surface area (Å²) in [5, 5.41) is 2.98. The number of nitrogens with one attached hydrogen (secondary N) is 2. The van der Waals surface area contributed by atoms with Crippen molar-refractivity contribution in [2.24, 2.45) is 5.84 Å². The largest absolute Gasteiger partial charge is 0.378 e. The maximum absolute atomic E-state index is 12.3. The molecule has 114 valence electrons. The van der Waals surface area contributed by atoms with Gasteiger partial charge in [0.05, 0.1) is 19.3 Å². The number of hydrogen-bond donors (Lipinski definition) is 3. The molecule has 0 aromatic carbocycles. The monoisotopic (exact) mass is 284 g/mol. The van der Waals surface area contributed by atoms with Gasteiger partial charge in [-0.2, -0.15) is 0 Å². The first-order valence-corrected chi connectivity index (χ1v) is 7.31. The van der Waals surface area contributed by atoms with E-state index in [2.05, 4.69) is 10.7 Å². The summed E-state index contributed by atoms with van der Waals surface area (Å²) in [7, 11) is 0. The Morgan fingerprint density at radius 1 is 1.45 bits per heavy atom. The summed E-state index contributed by atoms with van der Waals surface area (Å²) in [6.45, 7) is 3.44. The van der Waals surface area contributed by atoms with E-state index < -0.39 is 6.04 Å². The number of carbonyl (C=O) groups excluding carboxylic acids is 2. The molecule has 2 aliphatic rings. The number of carbonyl (C=O) groups is 2. The Hall–Kier alpha value is -1.18. The van der Waals surface area contributed by atoms with Crippen LogP contribution >= 0.6 is 0 Å². The fourth-order valence-electron chi connectivity index (χ4n) is 2.56. The summed E-state index contributed by atoms with van der Waals surface area (Å²) >= 11 is 0. The normalized spacial score (nSPS) is 25.0. The van der Waals surface area contributed by atoms with Crippen LogP contribution in [0.25, 0.3) is 0 Å². The minimum atomic E-state index is -0.404. The first kappa shape index (κ1) is 15.2. The maximum Gasteiger partial charge on any atom is 0.251 e. The Kier molecular flexibility index (Phi) is 5.33. The van der Waals surface area contributed by atoms with E-state index in [1.54, 1.807) is 0 Å². The van der Waals surface area contributed by atoms with Crippen molar-refractivity contribution in [3.8, 4) is 0 Å². The second-order valence-corrected chi connectivity index (χ2v) is 5.42. The van der Waals surface area contributed by atoms with Crippen LogP contribution in [0.2, 0.25) is 0 Å². The zero-order valence-corrected chi connectivity index (χ0v) is 11.9. The number of rotatable bonds is 6. The molecule has 2 rings (SSSR count). The lowest BCUT2D eigenvalue weighted by molar-refractivity contribution is -0.140. The van der Waals surface area contributed by atoms with E-state index in [1.165, 1.54) is 0 Å². The number of nitrogens with zero attached hydrogens (tertiary/aromatic N) is 1. The van der Waals surface area contributed by atoms with Gasteiger partial charge >= 0.3 is 0 Å². The molecule has 0 radical (unpaired) electrons. The lowest BCUT2D eigenvalue weighted by Gasteiger charge is -2.39. The molecule has 7 heteroatoms. The molecule has 0 aromatic rings. The number of hydrogen-bond acceptors (Lipinski definition) is 5. The molecular formula is C13H24N4O3. The molecule has 1 saturated heterocycles. The van der Waals surface area contributed by atoms with Crippen molar-refractivity contribution in [1.29, 1.82) is 0 Å². The van der Waals surface area contributed by atoms with E-state index in [0.29, 0.717) is 32.2 Å². The molecule has 1 aliphatic heterocycles. The van der Waals surface area contributed by atoms with Crippen LogP contribution in [-0.2, 0) is 14.3 Å². The number of hydrazine groups is 1. The Balaban J connectivity index is 2.06. The molecule has 2 atom stereocenters. The number of morpholine rings is 1. The van der Waals surface area contributed by atoms with Crippen LogP contribution in [0.1, 0.15) is 32.6 Å². The highest BCUT2D eigenvalue weighted by atomic mass is 16.5. The van der Waals surface area contributed by atoms with Crippen molar-refractivity contribution in [3.63, 3.8) is 0 Å². The lowest BCUT2D eigenvalue weighted by Crippen LogP contribution is -2.61. The summed E-state index contributed by atoms with van der Waals surface area (Å²) in [6, 6.07) is -0.471. The van der Waals surface area contributed by atoms with Crippen molar-refractivity contribution >= 4 is 11.8 Å². The molecule has 7 nitrogen and oxygen atoms in total. The second kappa shape index (κ2) is 7.01. The summed E-state index contributed by atoms with van der Waals surface area (Å²) < 4.78 is 5.41. The third kappa shape index (κ3) is 3.68. The van der Waals surface area contributed by atoms with Crippen molar-refractivity contribution in [2.45, 2.75) is 50.7 Å². The average molecular weight is 284 g/mol. The summed E-state index contributed by atoms with van der Waals surface area (Å²) in [6.07, 6.45) is 3.62. The second-order valence-electron chi connectivity index (χ2n) is 5.42. The van der Waals surface area contributed by atoms with Gasteiger partial charge in [-0.25, -0.2) is 5.84 Å². The van der Waals surface area contributed by atoms with Gasteiger partial charge in [-0.3, -0.25) is 19.9 Å². The molecule has 20 heavy (non-hydrogen) atoms. The van der Waals surface area contributed by atoms with Crippen LogP contribution in [0.4, 0.5) is 0 Å². The van der Waals surface area contributed by atoms with Gasteiger partial charge in [0.15, 0.2) is 0 Å². The first-order valence-electron chi connectivity index (χ1n) is 7.31. The van der Waals surface area contributed by atoms with Gasteiger partial charge < -0.3 is 10.1 Å². The van der Waals surface area contributed by atoms with Gasteiger partial charge in [0.25, 0.3) is 5.91 Å². The van der Waals surface area contributed by atoms with Crippen LogP contribution in [0.3, 0.4) is 0 Å². The first-order chi connectivity index (χ1) is 9.67. The Morgan fingerprint density at radius 3 is 2.80 bits per heavy atom. The number of nitrogens with two attached hydrogens (primary N) is 1. The summed E-state index contributed by atoms with van der Waals surface area (Å²) in [5.41, 5.74) is 2.21. The Labute approximate surface area is 119 Å². The predicted molar refractivity (Wildman–Crippen MR) is 73.5 cm³/mol. The summed E-state index contributed by atoms with van der Waals surface area (Å²) in [4.78, 5) is 26.2. The Morgan fingerprint density at radius 2 is 2.20 bits per heavy atom. The summed E-state index contributed by atoms with van der Waals surface area (Å²) in [5.74, 6) is 4.98. The van der Waals surface area contributed by atoms with Gasteiger partial charge in [0, 0.05) is 12.6 Å². The smallest absolute Gasteiger partial charge is 0.251 e. The third-order valence-electron chi connectivity index (χ3n) is 3.80. The van der Waals surface area contributed by atoms with Gasteiger partial charge in [-0.1, -0.05) is 13.3 Å². The molecule has 0 bridgehead atoms. The fourth-order valence-corrected chi connectivity index (χ4v) is 2.56. The molecule has 2 amide bonds. The predicted octanol–water partition coefficient (Wildman–Crippen LogP) is -0.876. The average Bonchev–Trinajstić information content (AvgIpc) is 3.28. The minimum absolute atomic E-state index is 0.0434. The van der Waals surface area contributed by atoms with E-state index in [-0.39, 0.29) is 17.9 Å². The lowest BCUT2D eigenvalue weighted by atomic mass is 10.1. The van der Waals surface area contributed by atoms with E-state index in [9.17, 15) is 9.59 Å². The highest BCUT2D eigenvalue weighted by molar-refractivity contribution is 5.85. The number of ether oxygens (including phenoxy) is 1. The molecule has 2 unspecified atom stereocenters. The van der Waals surface area contributed by atoms with Crippen molar-refractivity contribution in [1.82, 2.24) is 15.6 Å². The zero-order chi connectivity index (χ0) is 14.5. The molecule has 2 fully saturated rings. The molecule has 1 aliphatic carbocycles. The van der Waals surface area contributed by atoms with Gasteiger partial charge in [0.2, 0.25) is 5.91 Å². The van der Waals surface area contributed by atoms with Crippen LogP contribution in [0.5, 0.6) is 0 Å². The van der Waals surface area contributed by atoms with Gasteiger partial charge in [-0.05, 0) is 19.3 Å². The van der Waals surface area contributed by atoms with Gasteiger partial charge in [-0.15, -0.1) is 0 Å². The molecular weight excluding hydrogens is 260 g/mol.